The molecule has 0 unspecified atom stereocenters. The van der Waals surface area contributed by atoms with Crippen molar-refractivity contribution >= 4 is 10.0 Å². The topological polar surface area (TPSA) is 46.6 Å². The fourth-order valence-corrected chi connectivity index (χ4v) is 8.15. The molecule has 1 aliphatic heterocycles. The van der Waals surface area contributed by atoms with Gasteiger partial charge in [0.25, 0.3) is 0 Å². The molecule has 2 aliphatic carbocycles. The van der Waals surface area contributed by atoms with E-state index in [4.69, 9.17) is 4.74 Å². The lowest BCUT2D eigenvalue weighted by Gasteiger charge is -2.42. The van der Waals surface area contributed by atoms with E-state index in [2.05, 4.69) is 36.9 Å². The number of hydrogen-bond acceptors (Lipinski definition) is 3. The van der Waals surface area contributed by atoms with E-state index in [0.717, 1.165) is 23.1 Å². The normalized spacial score (nSPS) is 29.8. The zero-order chi connectivity index (χ0) is 22.8. The van der Waals surface area contributed by atoms with Crippen LogP contribution in [0.2, 0.25) is 0 Å². The van der Waals surface area contributed by atoms with Gasteiger partial charge in [-0.1, -0.05) is 78.4 Å². The first-order valence-corrected chi connectivity index (χ1v) is 12.9. The van der Waals surface area contributed by atoms with E-state index in [0.29, 0.717) is 24.0 Å². The molecule has 6 rings (SSSR count). The Hall–Kier alpha value is -2.73. The van der Waals surface area contributed by atoms with Crippen LogP contribution in [-0.2, 0) is 25.8 Å². The number of hydrogen-bond donors (Lipinski definition) is 0. The monoisotopic (exact) mass is 457 g/mol. The molecule has 1 heterocycles. The van der Waals surface area contributed by atoms with Crippen LogP contribution in [0.15, 0.2) is 96.4 Å². The van der Waals surface area contributed by atoms with Gasteiger partial charge in [-0.05, 0) is 48.1 Å². The summed E-state index contributed by atoms with van der Waals surface area (Å²) < 4.78 is 36.5. The molecule has 1 saturated heterocycles. The van der Waals surface area contributed by atoms with Crippen molar-refractivity contribution in [1.29, 1.82) is 0 Å². The van der Waals surface area contributed by atoms with Crippen molar-refractivity contribution in [3.63, 3.8) is 0 Å². The molecule has 168 valence electrons. The molecule has 3 aliphatic rings. The average molecular weight is 458 g/mol. The van der Waals surface area contributed by atoms with E-state index in [1.165, 1.54) is 5.56 Å². The molecule has 3 aromatic rings. The Bertz CT molecular complexity index is 1340. The molecule has 1 saturated carbocycles. The highest BCUT2D eigenvalue weighted by Crippen LogP contribution is 2.73. The number of sulfonamides is 1. The Kier molecular flexibility index (Phi) is 4.51. The molecule has 0 bridgehead atoms. The largest absolute Gasteiger partial charge is 0.360 e. The minimum absolute atomic E-state index is 0.217. The molecular formula is C28H27NO3S. The molecule has 4 nitrogen and oxygen atoms in total. The average Bonchev–Trinajstić information content (AvgIpc) is 3.36. The summed E-state index contributed by atoms with van der Waals surface area (Å²) in [5, 5.41) is 0. The molecule has 0 N–H and O–H groups in total. The highest BCUT2D eigenvalue weighted by molar-refractivity contribution is 7.89. The highest BCUT2D eigenvalue weighted by atomic mass is 32.2. The third-order valence-electron chi connectivity index (χ3n) is 7.80. The van der Waals surface area contributed by atoms with Gasteiger partial charge in [-0.25, -0.2) is 8.42 Å². The van der Waals surface area contributed by atoms with E-state index in [1.807, 2.05) is 43.3 Å². The Morgan fingerprint density at radius 3 is 2.36 bits per heavy atom. The van der Waals surface area contributed by atoms with Gasteiger partial charge in [-0.15, -0.1) is 6.58 Å². The first-order chi connectivity index (χ1) is 16.0. The Labute approximate surface area is 195 Å². The van der Waals surface area contributed by atoms with Crippen LogP contribution in [0.25, 0.3) is 0 Å². The van der Waals surface area contributed by atoms with E-state index >= 15 is 0 Å². The second-order valence-electron chi connectivity index (χ2n) is 9.48. The quantitative estimate of drug-likeness (QED) is 0.500. The lowest BCUT2D eigenvalue weighted by molar-refractivity contribution is -0.0429. The summed E-state index contributed by atoms with van der Waals surface area (Å²) in [4.78, 5) is 0.339. The summed E-state index contributed by atoms with van der Waals surface area (Å²) in [6.07, 6.45) is 2.73. The highest BCUT2D eigenvalue weighted by Gasteiger charge is 2.78. The van der Waals surface area contributed by atoms with Crippen molar-refractivity contribution in [2.75, 3.05) is 13.2 Å². The van der Waals surface area contributed by atoms with E-state index in [9.17, 15) is 8.42 Å². The van der Waals surface area contributed by atoms with Gasteiger partial charge in [0, 0.05) is 12.0 Å². The standard InChI is InChI=1S/C28H27NO3S/c1-3-17-32-28(21-9-5-4-6-10-21)25-12-8-7-11-24(25)27-18-22(27)19-29(26(27)28)33(30,31)23-15-13-20(2)14-16-23/h3-16,22,26H,1,17-19H2,2H3/t22-,26-,27-,28+/m0/s1. The maximum atomic E-state index is 14.0. The van der Waals surface area contributed by atoms with Gasteiger partial charge in [-0.2, -0.15) is 4.31 Å². The summed E-state index contributed by atoms with van der Waals surface area (Å²) in [6, 6.07) is 25.3. The molecule has 33 heavy (non-hydrogen) atoms. The third kappa shape index (κ3) is 2.67. The van der Waals surface area contributed by atoms with Crippen molar-refractivity contribution in [2.45, 2.75) is 35.3 Å². The smallest absolute Gasteiger partial charge is 0.243 e. The van der Waals surface area contributed by atoms with Crippen molar-refractivity contribution < 1.29 is 13.2 Å². The summed E-state index contributed by atoms with van der Waals surface area (Å²) in [5.74, 6) is 0.293. The first kappa shape index (κ1) is 20.8. The van der Waals surface area contributed by atoms with Crippen molar-refractivity contribution in [3.8, 4) is 0 Å². The fraction of sp³-hybridized carbons (Fsp3) is 0.286. The minimum Gasteiger partial charge on any atom is -0.360 e. The minimum atomic E-state index is -3.71. The Morgan fingerprint density at radius 2 is 1.67 bits per heavy atom. The van der Waals surface area contributed by atoms with E-state index in [1.54, 1.807) is 22.5 Å². The Morgan fingerprint density at radius 1 is 1.00 bits per heavy atom. The zero-order valence-corrected chi connectivity index (χ0v) is 19.5. The number of piperidine rings is 1. The molecular weight excluding hydrogens is 430 g/mol. The van der Waals surface area contributed by atoms with Crippen molar-refractivity contribution in [2.24, 2.45) is 5.92 Å². The van der Waals surface area contributed by atoms with Gasteiger partial charge in [0.15, 0.2) is 0 Å². The molecule has 5 heteroatoms. The van der Waals surface area contributed by atoms with Crippen LogP contribution in [0.3, 0.4) is 0 Å². The van der Waals surface area contributed by atoms with Crippen LogP contribution in [0, 0.1) is 12.8 Å². The molecule has 1 spiro atoms. The van der Waals surface area contributed by atoms with Crippen LogP contribution in [0.4, 0.5) is 0 Å². The van der Waals surface area contributed by atoms with Crippen molar-refractivity contribution in [3.05, 3.63) is 114 Å². The first-order valence-electron chi connectivity index (χ1n) is 11.4. The van der Waals surface area contributed by atoms with Gasteiger partial charge in [-0.3, -0.25) is 0 Å². The van der Waals surface area contributed by atoms with Gasteiger partial charge < -0.3 is 4.74 Å². The molecule has 2 fully saturated rings. The maximum Gasteiger partial charge on any atom is 0.243 e. The molecule has 0 radical (unpaired) electrons. The number of benzene rings is 3. The second-order valence-corrected chi connectivity index (χ2v) is 11.4. The molecule has 0 amide bonds. The summed E-state index contributed by atoms with van der Waals surface area (Å²) >= 11 is 0. The van der Waals surface area contributed by atoms with Crippen molar-refractivity contribution in [1.82, 2.24) is 4.31 Å². The number of fused-ring (bicyclic) bond motifs is 1. The predicted molar refractivity (Wildman–Crippen MR) is 128 cm³/mol. The van der Waals surface area contributed by atoms with Crippen LogP contribution in [0.1, 0.15) is 28.7 Å². The summed E-state index contributed by atoms with van der Waals surface area (Å²) in [5.41, 5.74) is 3.22. The van der Waals surface area contributed by atoms with Gasteiger partial charge >= 0.3 is 0 Å². The van der Waals surface area contributed by atoms with E-state index < -0.39 is 15.6 Å². The Balaban J connectivity index is 1.60. The molecule has 3 aromatic carbocycles. The van der Waals surface area contributed by atoms with E-state index in [-0.39, 0.29) is 11.5 Å². The number of nitrogens with zero attached hydrogens (tertiary/aromatic N) is 1. The summed E-state index contributed by atoms with van der Waals surface area (Å²) in [7, 11) is -3.71. The van der Waals surface area contributed by atoms with Gasteiger partial charge in [0.05, 0.1) is 17.5 Å². The molecule has 0 aromatic heterocycles. The van der Waals surface area contributed by atoms with Crippen LogP contribution >= 0.6 is 0 Å². The van der Waals surface area contributed by atoms with Crippen LogP contribution in [0.5, 0.6) is 0 Å². The SMILES string of the molecule is C=CCO[C@]1(c2ccccc2)c2ccccc2[C@]23C[C@H]2CN(S(=O)(=O)c2ccc(C)cc2)[C@H]13. The number of aryl methyl sites for hydroxylation is 1. The second kappa shape index (κ2) is 7.13. The predicted octanol–water partition coefficient (Wildman–Crippen LogP) is 4.79. The molecule has 4 atom stereocenters. The summed E-state index contributed by atoms with van der Waals surface area (Å²) in [6.45, 7) is 6.70. The zero-order valence-electron chi connectivity index (χ0n) is 18.6. The maximum absolute atomic E-state index is 14.0. The van der Waals surface area contributed by atoms with Gasteiger partial charge in [0.1, 0.15) is 5.60 Å². The number of rotatable bonds is 6. The fourth-order valence-electron chi connectivity index (χ4n) is 6.41. The van der Waals surface area contributed by atoms with Crippen LogP contribution < -0.4 is 0 Å². The third-order valence-corrected chi connectivity index (χ3v) is 9.65. The number of ether oxygens (including phenoxy) is 1. The lowest BCUT2D eigenvalue weighted by Crippen LogP contribution is -2.53. The van der Waals surface area contributed by atoms with Crippen LogP contribution in [-0.4, -0.2) is 31.9 Å². The lowest BCUT2D eigenvalue weighted by atomic mass is 9.82. The van der Waals surface area contributed by atoms with Gasteiger partial charge in [0.2, 0.25) is 10.0 Å².